The Kier molecular flexibility index (Phi) is 6.27. The molecule has 0 aliphatic carbocycles. The smallest absolute Gasteiger partial charge is 0.251 e. The second-order valence-electron chi connectivity index (χ2n) is 3.44. The number of halogens is 3. The van der Waals surface area contributed by atoms with Crippen LogP contribution in [0.3, 0.4) is 0 Å². The highest BCUT2D eigenvalue weighted by Gasteiger charge is 2.13. The average Bonchev–Trinajstić information content (AvgIpc) is 2.27. The van der Waals surface area contributed by atoms with Crippen molar-refractivity contribution in [1.82, 2.24) is 5.32 Å². The Bertz CT molecular complexity index is 381. The minimum absolute atomic E-state index is 0.216. The number of alkyl halides is 1. The molecule has 0 spiro atoms. The molecule has 0 fully saturated rings. The molecule has 0 aromatic heterocycles. The topological polar surface area (TPSA) is 38.3 Å². The van der Waals surface area contributed by atoms with Crippen LogP contribution in [0.4, 0.5) is 0 Å². The number of rotatable bonds is 5. The van der Waals surface area contributed by atoms with Gasteiger partial charge >= 0.3 is 0 Å². The van der Waals surface area contributed by atoms with E-state index in [0.29, 0.717) is 23.1 Å². The van der Waals surface area contributed by atoms with Gasteiger partial charge in [0.15, 0.2) is 0 Å². The second kappa shape index (κ2) is 7.21. The molecule has 0 radical (unpaired) electrons. The summed E-state index contributed by atoms with van der Waals surface area (Å²) in [7, 11) is 1.56. The zero-order valence-corrected chi connectivity index (χ0v) is 12.3. The van der Waals surface area contributed by atoms with Crippen LogP contribution in [-0.4, -0.2) is 31.5 Å². The Balaban J connectivity index is 2.75. The first kappa shape index (κ1) is 14.8. The molecule has 1 unspecified atom stereocenters. The predicted octanol–water partition coefficient (Wildman–Crippen LogP) is 3.09. The van der Waals surface area contributed by atoms with Crippen molar-refractivity contribution in [3.63, 3.8) is 0 Å². The second-order valence-corrected chi connectivity index (χ2v) is 5.10. The van der Waals surface area contributed by atoms with E-state index in [9.17, 15) is 4.79 Å². The number of carbonyl (C=O) groups excluding carboxylic acids is 1. The van der Waals surface area contributed by atoms with Gasteiger partial charge in [-0.25, -0.2) is 0 Å². The van der Waals surface area contributed by atoms with Gasteiger partial charge in [-0.2, -0.15) is 0 Å². The fourth-order valence-electron chi connectivity index (χ4n) is 1.28. The summed E-state index contributed by atoms with van der Waals surface area (Å²) >= 11 is 14.9. The van der Waals surface area contributed by atoms with Crippen LogP contribution >= 0.6 is 39.1 Å². The van der Waals surface area contributed by atoms with Gasteiger partial charge in [-0.15, -0.1) is 11.6 Å². The van der Waals surface area contributed by atoms with Crippen molar-refractivity contribution in [2.45, 2.75) is 6.04 Å². The minimum atomic E-state index is -0.226. The lowest BCUT2D eigenvalue weighted by Crippen LogP contribution is -2.39. The Morgan fingerprint density at radius 3 is 2.76 bits per heavy atom. The Morgan fingerprint density at radius 1 is 1.53 bits per heavy atom. The van der Waals surface area contributed by atoms with Crippen LogP contribution in [0.2, 0.25) is 5.02 Å². The molecule has 1 aromatic rings. The lowest BCUT2D eigenvalue weighted by atomic mass is 10.2. The molecule has 94 valence electrons. The third kappa shape index (κ3) is 4.84. The van der Waals surface area contributed by atoms with Gasteiger partial charge < -0.3 is 10.1 Å². The summed E-state index contributed by atoms with van der Waals surface area (Å²) in [5.74, 6) is 0.0670. The number of hydrogen-bond donors (Lipinski definition) is 1. The van der Waals surface area contributed by atoms with Gasteiger partial charge in [0.2, 0.25) is 0 Å². The van der Waals surface area contributed by atoms with E-state index < -0.39 is 0 Å². The monoisotopic (exact) mass is 339 g/mol. The molecule has 1 atom stereocenters. The Morgan fingerprint density at radius 2 is 2.24 bits per heavy atom. The van der Waals surface area contributed by atoms with Crippen LogP contribution < -0.4 is 5.32 Å². The summed E-state index contributed by atoms with van der Waals surface area (Å²) < 4.78 is 5.70. The Hall–Kier alpha value is -0.290. The summed E-state index contributed by atoms with van der Waals surface area (Å²) in [4.78, 5) is 11.9. The molecular weight excluding hydrogens is 329 g/mol. The van der Waals surface area contributed by atoms with Crippen molar-refractivity contribution in [3.8, 4) is 0 Å². The minimum Gasteiger partial charge on any atom is -0.383 e. The SMILES string of the molecule is COCC(CCl)NC(=O)c1cc(Cl)cc(Br)c1. The maximum absolute atomic E-state index is 11.9. The van der Waals surface area contributed by atoms with E-state index in [2.05, 4.69) is 21.2 Å². The molecule has 1 rings (SSSR count). The van der Waals surface area contributed by atoms with Crippen molar-refractivity contribution >= 4 is 45.0 Å². The molecule has 0 heterocycles. The summed E-state index contributed by atoms with van der Waals surface area (Å²) in [6, 6.07) is 4.79. The molecule has 0 bridgehead atoms. The quantitative estimate of drug-likeness (QED) is 0.836. The maximum atomic E-state index is 11.9. The van der Waals surface area contributed by atoms with Crippen LogP contribution in [-0.2, 0) is 4.74 Å². The molecule has 0 saturated heterocycles. The first-order valence-corrected chi connectivity index (χ1v) is 6.59. The van der Waals surface area contributed by atoms with Crippen molar-refractivity contribution in [2.75, 3.05) is 19.6 Å². The number of carbonyl (C=O) groups is 1. The highest BCUT2D eigenvalue weighted by molar-refractivity contribution is 9.10. The normalized spacial score (nSPS) is 12.2. The van der Waals surface area contributed by atoms with Crippen LogP contribution in [0.15, 0.2) is 22.7 Å². The number of hydrogen-bond acceptors (Lipinski definition) is 2. The zero-order chi connectivity index (χ0) is 12.8. The van der Waals surface area contributed by atoms with Crippen molar-refractivity contribution in [1.29, 1.82) is 0 Å². The summed E-state index contributed by atoms with van der Waals surface area (Å²) in [5.41, 5.74) is 0.482. The lowest BCUT2D eigenvalue weighted by Gasteiger charge is -2.15. The van der Waals surface area contributed by atoms with E-state index in [1.807, 2.05) is 0 Å². The van der Waals surface area contributed by atoms with Crippen LogP contribution in [0.25, 0.3) is 0 Å². The third-order valence-electron chi connectivity index (χ3n) is 2.01. The van der Waals surface area contributed by atoms with Gasteiger partial charge in [-0.3, -0.25) is 4.79 Å². The fraction of sp³-hybridized carbons (Fsp3) is 0.364. The van der Waals surface area contributed by atoms with Crippen molar-refractivity contribution in [3.05, 3.63) is 33.3 Å². The highest BCUT2D eigenvalue weighted by atomic mass is 79.9. The van der Waals surface area contributed by atoms with Crippen LogP contribution in [0.5, 0.6) is 0 Å². The third-order valence-corrected chi connectivity index (χ3v) is 3.06. The van der Waals surface area contributed by atoms with Gasteiger partial charge in [-0.1, -0.05) is 27.5 Å². The van der Waals surface area contributed by atoms with E-state index in [0.717, 1.165) is 4.47 Å². The van der Waals surface area contributed by atoms with Gasteiger partial charge in [0.05, 0.1) is 12.6 Å². The molecule has 17 heavy (non-hydrogen) atoms. The van der Waals surface area contributed by atoms with Crippen molar-refractivity contribution < 1.29 is 9.53 Å². The summed E-state index contributed by atoms with van der Waals surface area (Å²) in [6.07, 6.45) is 0. The number of nitrogens with one attached hydrogen (secondary N) is 1. The number of methoxy groups -OCH3 is 1. The van der Waals surface area contributed by atoms with Gasteiger partial charge in [0.1, 0.15) is 0 Å². The first-order valence-electron chi connectivity index (χ1n) is 4.88. The first-order chi connectivity index (χ1) is 8.06. The fourth-order valence-corrected chi connectivity index (χ4v) is 2.31. The molecule has 3 nitrogen and oxygen atoms in total. The van der Waals surface area contributed by atoms with E-state index in [1.54, 1.807) is 25.3 Å². The molecule has 1 N–H and O–H groups in total. The molecule has 1 amide bonds. The molecule has 0 aliphatic heterocycles. The molecule has 0 aliphatic rings. The van der Waals surface area contributed by atoms with Gasteiger partial charge in [0, 0.05) is 28.0 Å². The van der Waals surface area contributed by atoms with Gasteiger partial charge in [0.25, 0.3) is 5.91 Å². The molecule has 1 aromatic carbocycles. The molecule has 6 heteroatoms. The van der Waals surface area contributed by atoms with E-state index in [1.165, 1.54) is 0 Å². The number of ether oxygens (including phenoxy) is 1. The maximum Gasteiger partial charge on any atom is 0.251 e. The van der Waals surface area contributed by atoms with Gasteiger partial charge in [-0.05, 0) is 18.2 Å². The number of benzene rings is 1. The zero-order valence-electron chi connectivity index (χ0n) is 9.17. The molecule has 0 saturated carbocycles. The summed E-state index contributed by atoms with van der Waals surface area (Å²) in [5, 5.41) is 3.26. The average molecular weight is 341 g/mol. The summed E-state index contributed by atoms with van der Waals surface area (Å²) in [6.45, 7) is 0.372. The van der Waals surface area contributed by atoms with Crippen LogP contribution in [0.1, 0.15) is 10.4 Å². The largest absolute Gasteiger partial charge is 0.383 e. The lowest BCUT2D eigenvalue weighted by molar-refractivity contribution is 0.0907. The number of amides is 1. The molecular formula is C11H12BrCl2NO2. The van der Waals surface area contributed by atoms with E-state index in [-0.39, 0.29) is 11.9 Å². The Labute approximate surface area is 119 Å². The van der Waals surface area contributed by atoms with E-state index >= 15 is 0 Å². The standard InChI is InChI=1S/C11H12BrCl2NO2/c1-17-6-10(5-13)15-11(16)7-2-8(12)4-9(14)3-7/h2-4,10H,5-6H2,1H3,(H,15,16). The predicted molar refractivity (Wildman–Crippen MR) is 73.0 cm³/mol. The van der Waals surface area contributed by atoms with Crippen LogP contribution in [0, 0.1) is 0 Å². The highest BCUT2D eigenvalue weighted by Crippen LogP contribution is 2.19. The van der Waals surface area contributed by atoms with E-state index in [4.69, 9.17) is 27.9 Å². The van der Waals surface area contributed by atoms with Crippen molar-refractivity contribution in [2.24, 2.45) is 0 Å².